The summed E-state index contributed by atoms with van der Waals surface area (Å²) in [5.41, 5.74) is 0. The van der Waals surface area contributed by atoms with Crippen LogP contribution in [0.25, 0.3) is 0 Å². The molecule has 0 bridgehead atoms. The standard InChI is InChI=1S/C22H29F2N5O3/c1-3-17(32-19-7-5-4-6-18(19)31-2)21(30)28-10-8-14(9-11-28)15-12-16(20(23)24)29-22(27-15)25-13-26-29/h4-7,13-17,20H,3,8-12H2,1-2H3,(H,25,26,27)/t15-,16+,17?/m0/s1. The Bertz CT molecular complexity index is 916. The molecule has 1 amide bonds. The summed E-state index contributed by atoms with van der Waals surface area (Å²) in [5, 5.41) is 7.21. The van der Waals surface area contributed by atoms with E-state index in [0.29, 0.717) is 43.4 Å². The summed E-state index contributed by atoms with van der Waals surface area (Å²) >= 11 is 0. The number of amides is 1. The van der Waals surface area contributed by atoms with E-state index in [1.165, 1.54) is 11.0 Å². The minimum Gasteiger partial charge on any atom is -0.493 e. The first-order valence-electron chi connectivity index (χ1n) is 11.0. The molecule has 10 heteroatoms. The third-order valence-electron chi connectivity index (χ3n) is 6.39. The largest absolute Gasteiger partial charge is 0.493 e. The van der Waals surface area contributed by atoms with Crippen molar-refractivity contribution in [3.63, 3.8) is 0 Å². The van der Waals surface area contributed by atoms with Gasteiger partial charge < -0.3 is 19.7 Å². The molecule has 1 unspecified atom stereocenters. The fourth-order valence-corrected chi connectivity index (χ4v) is 4.60. The Morgan fingerprint density at radius 2 is 1.97 bits per heavy atom. The number of ether oxygens (including phenoxy) is 2. The van der Waals surface area contributed by atoms with Crippen LogP contribution in [0.5, 0.6) is 11.5 Å². The van der Waals surface area contributed by atoms with Gasteiger partial charge in [0.15, 0.2) is 17.6 Å². The Labute approximate surface area is 185 Å². The van der Waals surface area contributed by atoms with E-state index in [1.807, 2.05) is 24.0 Å². The maximum Gasteiger partial charge on any atom is 0.263 e. The van der Waals surface area contributed by atoms with E-state index in [9.17, 15) is 13.6 Å². The number of alkyl halides is 2. The first-order chi connectivity index (χ1) is 15.5. The zero-order valence-corrected chi connectivity index (χ0v) is 18.3. The van der Waals surface area contributed by atoms with Crippen molar-refractivity contribution >= 4 is 11.9 Å². The number of halogens is 2. The predicted molar refractivity (Wildman–Crippen MR) is 114 cm³/mol. The molecule has 0 saturated carbocycles. The number of piperidine rings is 1. The number of carbonyl (C=O) groups excluding carboxylic acids is 1. The molecule has 1 N–H and O–H groups in total. The van der Waals surface area contributed by atoms with Crippen LogP contribution in [0.15, 0.2) is 30.6 Å². The number of benzene rings is 1. The molecule has 0 aliphatic carbocycles. The van der Waals surface area contributed by atoms with Gasteiger partial charge in [0.05, 0.1) is 7.11 Å². The number of aromatic nitrogens is 3. The van der Waals surface area contributed by atoms with Gasteiger partial charge in [-0.3, -0.25) is 4.79 Å². The average Bonchev–Trinajstić information content (AvgIpc) is 3.30. The van der Waals surface area contributed by atoms with Crippen molar-refractivity contribution in [3.05, 3.63) is 30.6 Å². The molecule has 4 rings (SSSR count). The van der Waals surface area contributed by atoms with E-state index in [2.05, 4.69) is 15.4 Å². The van der Waals surface area contributed by atoms with Crippen LogP contribution in [0.3, 0.4) is 0 Å². The number of hydrogen-bond acceptors (Lipinski definition) is 6. The highest BCUT2D eigenvalue weighted by Gasteiger charge is 2.39. The predicted octanol–water partition coefficient (Wildman–Crippen LogP) is 3.37. The lowest BCUT2D eigenvalue weighted by Gasteiger charge is -2.40. The van der Waals surface area contributed by atoms with Crippen LogP contribution in [0, 0.1) is 5.92 Å². The molecule has 2 aliphatic heterocycles. The molecule has 0 spiro atoms. The SMILES string of the molecule is CCC(Oc1ccccc1OC)C(=O)N1CCC([C@@H]2C[C@H](C(F)F)n3ncnc3N2)CC1. The van der Waals surface area contributed by atoms with Gasteiger partial charge in [0.2, 0.25) is 5.95 Å². The third-order valence-corrected chi connectivity index (χ3v) is 6.39. The first-order valence-corrected chi connectivity index (χ1v) is 11.0. The summed E-state index contributed by atoms with van der Waals surface area (Å²) in [6.45, 7) is 3.05. The van der Waals surface area contributed by atoms with Gasteiger partial charge in [-0.15, -0.1) is 0 Å². The van der Waals surface area contributed by atoms with Gasteiger partial charge in [-0.1, -0.05) is 19.1 Å². The second-order valence-electron chi connectivity index (χ2n) is 8.24. The van der Waals surface area contributed by atoms with Crippen molar-refractivity contribution < 1.29 is 23.0 Å². The van der Waals surface area contributed by atoms with Crippen molar-refractivity contribution in [1.29, 1.82) is 0 Å². The number of anilines is 1. The third kappa shape index (κ3) is 4.49. The highest BCUT2D eigenvalue weighted by atomic mass is 19.3. The van der Waals surface area contributed by atoms with E-state index in [4.69, 9.17) is 9.47 Å². The summed E-state index contributed by atoms with van der Waals surface area (Å²) in [6, 6.07) is 6.17. The van der Waals surface area contributed by atoms with E-state index in [-0.39, 0.29) is 17.9 Å². The molecule has 3 heterocycles. The van der Waals surface area contributed by atoms with Crippen LogP contribution < -0.4 is 14.8 Å². The Hall–Kier alpha value is -2.91. The summed E-state index contributed by atoms with van der Waals surface area (Å²) in [7, 11) is 1.57. The van der Waals surface area contributed by atoms with Crippen LogP contribution in [0.4, 0.5) is 14.7 Å². The fraction of sp³-hybridized carbons (Fsp3) is 0.591. The molecule has 2 aliphatic rings. The van der Waals surface area contributed by atoms with Gasteiger partial charge in [-0.2, -0.15) is 10.1 Å². The monoisotopic (exact) mass is 449 g/mol. The van der Waals surface area contributed by atoms with Gasteiger partial charge >= 0.3 is 0 Å². The zero-order chi connectivity index (χ0) is 22.7. The maximum absolute atomic E-state index is 13.6. The van der Waals surface area contributed by atoms with Gasteiger partial charge in [-0.25, -0.2) is 13.5 Å². The van der Waals surface area contributed by atoms with Crippen molar-refractivity contribution in [3.8, 4) is 11.5 Å². The van der Waals surface area contributed by atoms with E-state index in [0.717, 1.165) is 12.8 Å². The lowest BCUT2D eigenvalue weighted by Crippen LogP contribution is -2.49. The number of carbonyl (C=O) groups is 1. The summed E-state index contributed by atoms with van der Waals surface area (Å²) in [5.74, 6) is 1.64. The number of fused-ring (bicyclic) bond motifs is 1. The van der Waals surface area contributed by atoms with Crippen molar-refractivity contribution in [2.24, 2.45) is 5.92 Å². The second kappa shape index (κ2) is 9.70. The van der Waals surface area contributed by atoms with Crippen molar-refractivity contribution in [2.45, 2.75) is 57.2 Å². The fourth-order valence-electron chi connectivity index (χ4n) is 4.60. The summed E-state index contributed by atoms with van der Waals surface area (Å²) in [4.78, 5) is 19.0. The Morgan fingerprint density at radius 3 is 2.62 bits per heavy atom. The summed E-state index contributed by atoms with van der Waals surface area (Å²) in [6.07, 6.45) is 0.496. The summed E-state index contributed by atoms with van der Waals surface area (Å²) < 4.78 is 39.7. The van der Waals surface area contributed by atoms with Crippen LogP contribution in [-0.4, -0.2) is 64.3 Å². The molecule has 1 saturated heterocycles. The number of methoxy groups -OCH3 is 1. The minimum absolute atomic E-state index is 0.0568. The van der Waals surface area contributed by atoms with Crippen molar-refractivity contribution in [1.82, 2.24) is 19.7 Å². The first kappa shape index (κ1) is 22.3. The molecule has 174 valence electrons. The van der Waals surface area contributed by atoms with Crippen LogP contribution in [-0.2, 0) is 4.79 Å². The lowest BCUT2D eigenvalue weighted by molar-refractivity contribution is -0.140. The Kier molecular flexibility index (Phi) is 6.76. The van der Waals surface area contributed by atoms with Gasteiger partial charge in [0.1, 0.15) is 12.4 Å². The van der Waals surface area contributed by atoms with Crippen molar-refractivity contribution in [2.75, 3.05) is 25.5 Å². The minimum atomic E-state index is -2.50. The Balaban J connectivity index is 1.36. The van der Waals surface area contributed by atoms with Crippen LogP contribution >= 0.6 is 0 Å². The number of likely N-dealkylation sites (tertiary alicyclic amines) is 1. The van der Waals surface area contributed by atoms with E-state index < -0.39 is 18.6 Å². The average molecular weight is 450 g/mol. The topological polar surface area (TPSA) is 81.5 Å². The van der Waals surface area contributed by atoms with Crippen LogP contribution in [0.1, 0.15) is 38.6 Å². The molecule has 8 nitrogen and oxygen atoms in total. The molecule has 1 fully saturated rings. The molecular weight excluding hydrogens is 420 g/mol. The quantitative estimate of drug-likeness (QED) is 0.698. The second-order valence-corrected chi connectivity index (χ2v) is 8.24. The molecular formula is C22H29F2N5O3. The number of hydrogen-bond donors (Lipinski definition) is 1. The normalized spacial score (nSPS) is 22.2. The Morgan fingerprint density at radius 1 is 1.25 bits per heavy atom. The highest BCUT2D eigenvalue weighted by molar-refractivity contribution is 5.81. The molecule has 2 aromatic rings. The number of nitrogens with one attached hydrogen (secondary N) is 1. The molecule has 32 heavy (non-hydrogen) atoms. The van der Waals surface area contributed by atoms with Gasteiger partial charge in [-0.05, 0) is 43.7 Å². The van der Waals surface area contributed by atoms with E-state index >= 15 is 0 Å². The maximum atomic E-state index is 13.6. The molecule has 0 radical (unpaired) electrons. The lowest BCUT2D eigenvalue weighted by atomic mass is 9.85. The number of para-hydroxylation sites is 2. The van der Waals surface area contributed by atoms with Gasteiger partial charge in [0.25, 0.3) is 12.3 Å². The van der Waals surface area contributed by atoms with Crippen LogP contribution in [0.2, 0.25) is 0 Å². The number of rotatable bonds is 7. The zero-order valence-electron chi connectivity index (χ0n) is 18.3. The highest BCUT2D eigenvalue weighted by Crippen LogP contribution is 2.36. The smallest absolute Gasteiger partial charge is 0.263 e. The molecule has 3 atom stereocenters. The van der Waals surface area contributed by atoms with Gasteiger partial charge in [0, 0.05) is 19.1 Å². The van der Waals surface area contributed by atoms with E-state index in [1.54, 1.807) is 19.2 Å². The molecule has 1 aromatic carbocycles. The number of nitrogens with zero attached hydrogens (tertiary/aromatic N) is 4. The molecule has 1 aromatic heterocycles.